The number of piperidine rings is 1. The van der Waals surface area contributed by atoms with E-state index < -0.39 is 27.6 Å². The lowest BCUT2D eigenvalue weighted by molar-refractivity contribution is -0.137. The zero-order valence-electron chi connectivity index (χ0n) is 18.5. The fourth-order valence-electron chi connectivity index (χ4n) is 4.31. The molecule has 0 spiro atoms. The minimum Gasteiger partial charge on any atom is -0.369 e. The highest BCUT2D eigenvalue weighted by Crippen LogP contribution is 2.35. The Bertz CT molecular complexity index is 1170. The smallest absolute Gasteiger partial charge is 0.369 e. The van der Waals surface area contributed by atoms with Crippen molar-refractivity contribution in [2.45, 2.75) is 44.3 Å². The fourth-order valence-corrected chi connectivity index (χ4v) is 5.52. The first-order chi connectivity index (χ1) is 16.0. The quantitative estimate of drug-likeness (QED) is 0.604. The molecule has 184 valence electrons. The van der Waals surface area contributed by atoms with Crippen LogP contribution in [0.15, 0.2) is 30.5 Å². The zero-order valence-corrected chi connectivity index (χ0v) is 19.3. The number of hydrogen-bond acceptors (Lipinski definition) is 7. The van der Waals surface area contributed by atoms with Crippen molar-refractivity contribution in [1.29, 1.82) is 0 Å². The van der Waals surface area contributed by atoms with Gasteiger partial charge in [0.15, 0.2) is 0 Å². The lowest BCUT2D eigenvalue weighted by atomic mass is 10.0. The third-order valence-electron chi connectivity index (χ3n) is 5.90. The molecule has 1 amide bonds. The highest BCUT2D eigenvalue weighted by Gasteiger charge is 2.36. The van der Waals surface area contributed by atoms with Crippen LogP contribution in [-0.4, -0.2) is 54.0 Å². The van der Waals surface area contributed by atoms with E-state index in [-0.39, 0.29) is 30.9 Å². The van der Waals surface area contributed by atoms with Crippen LogP contribution in [0.1, 0.15) is 36.8 Å². The number of rotatable bonds is 7. The molecule has 1 aromatic heterocycles. The molecular formula is C21H25F3N6O3S. The van der Waals surface area contributed by atoms with Crippen molar-refractivity contribution >= 4 is 33.4 Å². The summed E-state index contributed by atoms with van der Waals surface area (Å²) < 4.78 is 66.1. The minimum atomic E-state index is -4.69. The van der Waals surface area contributed by atoms with Crippen molar-refractivity contribution in [2.75, 3.05) is 35.1 Å². The Morgan fingerprint density at radius 3 is 2.71 bits per heavy atom. The molecular weight excluding hydrogens is 473 g/mol. The molecule has 0 aliphatic carbocycles. The molecule has 2 N–H and O–H groups in total. The van der Waals surface area contributed by atoms with Gasteiger partial charge in [-0.25, -0.2) is 18.4 Å². The first kappa shape index (κ1) is 24.2. The summed E-state index contributed by atoms with van der Waals surface area (Å²) in [5, 5.41) is 3.91. The Balaban J connectivity index is 1.51. The molecule has 9 nitrogen and oxygen atoms in total. The molecule has 3 heterocycles. The number of benzene rings is 1. The summed E-state index contributed by atoms with van der Waals surface area (Å²) in [4.78, 5) is 20.1. The number of hydrazine groups is 1. The summed E-state index contributed by atoms with van der Waals surface area (Å²) in [6.45, 7) is 0.492. The number of nitrogens with one attached hydrogen (secondary N) is 2. The molecule has 13 heteroatoms. The first-order valence-electron chi connectivity index (χ1n) is 10.9. The molecule has 1 fully saturated rings. The van der Waals surface area contributed by atoms with Crippen LogP contribution in [0.25, 0.3) is 0 Å². The third-order valence-corrected chi connectivity index (χ3v) is 7.23. The highest BCUT2D eigenvalue weighted by molar-refractivity contribution is 7.88. The third kappa shape index (κ3) is 5.25. The fraction of sp³-hybridized carbons (Fsp3) is 0.476. The molecule has 2 aliphatic heterocycles. The molecule has 2 aliphatic rings. The minimum absolute atomic E-state index is 0.0850. The number of fused-ring (bicyclic) bond motifs is 1. The van der Waals surface area contributed by atoms with Crippen molar-refractivity contribution in [3.05, 3.63) is 41.6 Å². The van der Waals surface area contributed by atoms with E-state index in [2.05, 4.69) is 20.7 Å². The average Bonchev–Trinajstić information content (AvgIpc) is 3.08. The van der Waals surface area contributed by atoms with Gasteiger partial charge < -0.3 is 5.32 Å². The summed E-state index contributed by atoms with van der Waals surface area (Å²) in [7, 11) is -3.40. The number of amides is 1. The lowest BCUT2D eigenvalue weighted by Crippen LogP contribution is -2.43. The van der Waals surface area contributed by atoms with E-state index >= 15 is 0 Å². The van der Waals surface area contributed by atoms with Gasteiger partial charge in [-0.1, -0.05) is 24.6 Å². The van der Waals surface area contributed by atoms with Crippen molar-refractivity contribution < 1.29 is 26.4 Å². The molecule has 2 aromatic rings. The molecule has 0 bridgehead atoms. The number of carbonyl (C=O) groups excluding carboxylic acids is 1. The molecule has 1 atom stereocenters. The zero-order chi connectivity index (χ0) is 24.5. The van der Waals surface area contributed by atoms with Crippen LogP contribution in [0.3, 0.4) is 0 Å². The van der Waals surface area contributed by atoms with E-state index in [1.165, 1.54) is 9.31 Å². The lowest BCUT2D eigenvalue weighted by Gasteiger charge is -2.33. The molecule has 1 aromatic carbocycles. The topological polar surface area (TPSA) is 108 Å². The van der Waals surface area contributed by atoms with Crippen LogP contribution in [0.4, 0.5) is 30.6 Å². The van der Waals surface area contributed by atoms with Gasteiger partial charge in [0.05, 0.1) is 18.4 Å². The van der Waals surface area contributed by atoms with Gasteiger partial charge in [-0.15, -0.1) is 0 Å². The number of nitrogens with zero attached hydrogens (tertiary/aromatic N) is 4. The Kier molecular flexibility index (Phi) is 6.67. The predicted octanol–water partition coefficient (Wildman–Crippen LogP) is 3.03. The van der Waals surface area contributed by atoms with E-state index in [1.54, 1.807) is 24.3 Å². The Morgan fingerprint density at radius 2 is 1.97 bits per heavy atom. The first-order valence-corrected chi connectivity index (χ1v) is 12.7. The summed E-state index contributed by atoms with van der Waals surface area (Å²) in [5.74, 6) is -0.889. The second-order valence-electron chi connectivity index (χ2n) is 8.34. The number of para-hydroxylation sites is 1. The molecule has 0 radical (unpaired) electrons. The van der Waals surface area contributed by atoms with E-state index in [1.807, 2.05) is 0 Å². The van der Waals surface area contributed by atoms with Gasteiger partial charge in [0.2, 0.25) is 21.9 Å². The van der Waals surface area contributed by atoms with Gasteiger partial charge in [-0.3, -0.25) is 10.2 Å². The average molecular weight is 499 g/mol. The summed E-state index contributed by atoms with van der Waals surface area (Å²) in [6.07, 6.45) is -0.142. The number of aromatic nitrogens is 2. The number of anilines is 3. The van der Waals surface area contributed by atoms with Crippen molar-refractivity contribution in [1.82, 2.24) is 14.3 Å². The summed E-state index contributed by atoms with van der Waals surface area (Å²) >= 11 is 0. The van der Waals surface area contributed by atoms with Crippen molar-refractivity contribution in [3.63, 3.8) is 0 Å². The number of carbonyl (C=O) groups is 1. The summed E-state index contributed by atoms with van der Waals surface area (Å²) in [5.41, 5.74) is 3.02. The molecule has 34 heavy (non-hydrogen) atoms. The molecule has 1 saturated heterocycles. The van der Waals surface area contributed by atoms with Crippen LogP contribution in [0, 0.1) is 0 Å². The van der Waals surface area contributed by atoms with Crippen molar-refractivity contribution in [3.8, 4) is 0 Å². The number of alkyl halides is 3. The standard InChI is InChI=1S/C21H25F3N6O3S/c1-34(32,33)29-11-5-4-7-15(29)9-10-25-19-16(21(22,23)24)13-26-20(27-19)28-30-17-8-3-2-6-14(17)12-18(30)31/h2-3,6,8,13,15H,4-5,7,9-12H2,1H3,(H2,25,26,27,28). The van der Waals surface area contributed by atoms with E-state index in [0.29, 0.717) is 31.3 Å². The number of hydrogen-bond donors (Lipinski definition) is 2. The van der Waals surface area contributed by atoms with Gasteiger partial charge in [0.25, 0.3) is 0 Å². The van der Waals surface area contributed by atoms with Crippen LogP contribution in [0.2, 0.25) is 0 Å². The van der Waals surface area contributed by atoms with E-state index in [9.17, 15) is 26.4 Å². The van der Waals surface area contributed by atoms with Crippen LogP contribution in [-0.2, 0) is 27.4 Å². The number of sulfonamides is 1. The Labute approximate surface area is 195 Å². The van der Waals surface area contributed by atoms with Gasteiger partial charge in [0.1, 0.15) is 11.4 Å². The Hall–Kier alpha value is -2.93. The Morgan fingerprint density at radius 1 is 1.21 bits per heavy atom. The maximum Gasteiger partial charge on any atom is 0.421 e. The van der Waals surface area contributed by atoms with Crippen LogP contribution in [0.5, 0.6) is 0 Å². The predicted molar refractivity (Wildman–Crippen MR) is 121 cm³/mol. The maximum atomic E-state index is 13.6. The van der Waals surface area contributed by atoms with Gasteiger partial charge >= 0.3 is 6.18 Å². The highest BCUT2D eigenvalue weighted by atomic mass is 32.2. The van der Waals surface area contributed by atoms with Crippen molar-refractivity contribution in [2.24, 2.45) is 0 Å². The largest absolute Gasteiger partial charge is 0.421 e. The van der Waals surface area contributed by atoms with E-state index in [4.69, 9.17) is 0 Å². The summed E-state index contributed by atoms with van der Waals surface area (Å²) in [6, 6.07) is 6.76. The van der Waals surface area contributed by atoms with Crippen LogP contribution >= 0.6 is 0 Å². The monoisotopic (exact) mass is 498 g/mol. The molecule has 0 saturated carbocycles. The van der Waals surface area contributed by atoms with Gasteiger partial charge in [-0.05, 0) is 30.9 Å². The normalized spacial score (nSPS) is 19.2. The van der Waals surface area contributed by atoms with Gasteiger partial charge in [-0.2, -0.15) is 22.5 Å². The second kappa shape index (κ2) is 9.37. The molecule has 1 unspecified atom stereocenters. The molecule has 4 rings (SSSR count). The van der Waals surface area contributed by atoms with E-state index in [0.717, 1.165) is 24.7 Å². The van der Waals surface area contributed by atoms with Gasteiger partial charge in [0, 0.05) is 25.3 Å². The number of halogens is 3. The second-order valence-corrected chi connectivity index (χ2v) is 10.3. The maximum absolute atomic E-state index is 13.6. The van der Waals surface area contributed by atoms with Crippen LogP contribution < -0.4 is 15.8 Å². The SMILES string of the molecule is CS(=O)(=O)N1CCCCC1CCNc1nc(NN2C(=O)Cc3ccccc32)ncc1C(F)(F)F.